The van der Waals surface area contributed by atoms with Gasteiger partial charge in [-0.1, -0.05) is 18.2 Å². The molecule has 0 amide bonds. The number of benzene rings is 1. The average Bonchev–Trinajstić information content (AvgIpc) is 2.90. The molecule has 92 valence electrons. The number of fused-ring (bicyclic) bond motifs is 2. The van der Waals surface area contributed by atoms with Crippen molar-refractivity contribution >= 4 is 28.4 Å². The molecule has 0 saturated heterocycles. The van der Waals surface area contributed by atoms with Gasteiger partial charge >= 0.3 is 0 Å². The highest BCUT2D eigenvalue weighted by atomic mass is 14.9. The summed E-state index contributed by atoms with van der Waals surface area (Å²) in [6.07, 6.45) is 4.05. The first-order chi connectivity index (χ1) is 9.40. The third-order valence-corrected chi connectivity index (χ3v) is 3.49. The molecule has 0 bridgehead atoms. The van der Waals surface area contributed by atoms with Gasteiger partial charge in [0.1, 0.15) is 0 Å². The Balaban J connectivity index is 1.83. The van der Waals surface area contributed by atoms with Crippen molar-refractivity contribution in [2.75, 3.05) is 11.9 Å². The molecule has 3 nitrogen and oxygen atoms in total. The van der Waals surface area contributed by atoms with Gasteiger partial charge < -0.3 is 10.3 Å². The summed E-state index contributed by atoms with van der Waals surface area (Å²) >= 11 is 0. The standard InChI is InChI=1S/C16H13N3/c1-2-5-13-11(4-1)8-12(10-18-13)15-9-16-14(19-15)6-3-7-17-16/h1-9,18-19H,10H2. The molecule has 0 fully saturated rings. The molecule has 0 saturated carbocycles. The lowest BCUT2D eigenvalue weighted by Crippen LogP contribution is -2.09. The van der Waals surface area contributed by atoms with Crippen LogP contribution in [0.1, 0.15) is 11.3 Å². The summed E-state index contributed by atoms with van der Waals surface area (Å²) < 4.78 is 0. The molecular formula is C16H13N3. The van der Waals surface area contributed by atoms with E-state index in [-0.39, 0.29) is 0 Å². The SMILES string of the molecule is C1=C(c2cc3ncccc3[nH]2)CNc2ccccc21. The van der Waals surface area contributed by atoms with Crippen LogP contribution in [0.25, 0.3) is 22.7 Å². The average molecular weight is 247 g/mol. The molecule has 4 rings (SSSR count). The fraction of sp³-hybridized carbons (Fsp3) is 0.0625. The molecule has 19 heavy (non-hydrogen) atoms. The minimum Gasteiger partial charge on any atom is -0.380 e. The zero-order valence-electron chi connectivity index (χ0n) is 10.4. The van der Waals surface area contributed by atoms with Gasteiger partial charge in [0.05, 0.1) is 11.0 Å². The monoisotopic (exact) mass is 247 g/mol. The summed E-state index contributed by atoms with van der Waals surface area (Å²) in [5.41, 5.74) is 6.91. The molecule has 1 aliphatic rings. The first-order valence-corrected chi connectivity index (χ1v) is 6.38. The van der Waals surface area contributed by atoms with Crippen molar-refractivity contribution in [3.05, 3.63) is 59.9 Å². The van der Waals surface area contributed by atoms with Crippen molar-refractivity contribution in [3.63, 3.8) is 0 Å². The Hall–Kier alpha value is -2.55. The Morgan fingerprint density at radius 1 is 1.05 bits per heavy atom. The third kappa shape index (κ3) is 1.71. The molecule has 2 aromatic heterocycles. The normalized spacial score (nSPS) is 13.8. The molecule has 1 aromatic carbocycles. The van der Waals surface area contributed by atoms with Crippen LogP contribution >= 0.6 is 0 Å². The molecule has 3 aromatic rings. The molecule has 0 aliphatic carbocycles. The van der Waals surface area contributed by atoms with Gasteiger partial charge in [-0.25, -0.2) is 0 Å². The molecule has 0 spiro atoms. The van der Waals surface area contributed by atoms with Crippen LogP contribution in [-0.4, -0.2) is 16.5 Å². The van der Waals surface area contributed by atoms with E-state index in [2.05, 4.69) is 57.8 Å². The lowest BCUT2D eigenvalue weighted by molar-refractivity contribution is 1.28. The topological polar surface area (TPSA) is 40.7 Å². The Bertz CT molecular complexity index is 750. The van der Waals surface area contributed by atoms with E-state index in [0.29, 0.717) is 0 Å². The van der Waals surface area contributed by atoms with E-state index in [1.807, 2.05) is 12.3 Å². The number of nitrogens with zero attached hydrogens (tertiary/aromatic N) is 1. The molecule has 0 unspecified atom stereocenters. The van der Waals surface area contributed by atoms with E-state index in [0.717, 1.165) is 23.3 Å². The van der Waals surface area contributed by atoms with Crippen LogP contribution in [0.5, 0.6) is 0 Å². The fourth-order valence-corrected chi connectivity index (χ4v) is 2.52. The Morgan fingerprint density at radius 3 is 2.95 bits per heavy atom. The van der Waals surface area contributed by atoms with Crippen LogP contribution in [0.4, 0.5) is 5.69 Å². The molecule has 3 heterocycles. The Labute approximate surface area is 111 Å². The van der Waals surface area contributed by atoms with Gasteiger partial charge in [-0.2, -0.15) is 0 Å². The summed E-state index contributed by atoms with van der Waals surface area (Å²) in [6.45, 7) is 0.837. The smallest absolute Gasteiger partial charge is 0.0885 e. The van der Waals surface area contributed by atoms with Gasteiger partial charge in [0.2, 0.25) is 0 Å². The first-order valence-electron chi connectivity index (χ1n) is 6.38. The van der Waals surface area contributed by atoms with Gasteiger partial charge in [-0.3, -0.25) is 4.98 Å². The van der Waals surface area contributed by atoms with Crippen LogP contribution in [0.15, 0.2) is 48.7 Å². The maximum atomic E-state index is 4.36. The van der Waals surface area contributed by atoms with Crippen molar-refractivity contribution in [2.24, 2.45) is 0 Å². The second-order valence-corrected chi connectivity index (χ2v) is 4.73. The van der Waals surface area contributed by atoms with E-state index in [1.165, 1.54) is 16.8 Å². The number of para-hydroxylation sites is 1. The van der Waals surface area contributed by atoms with Crippen molar-refractivity contribution in [3.8, 4) is 0 Å². The molecule has 0 atom stereocenters. The highest BCUT2D eigenvalue weighted by Crippen LogP contribution is 2.28. The van der Waals surface area contributed by atoms with Gasteiger partial charge in [-0.15, -0.1) is 0 Å². The number of hydrogen-bond donors (Lipinski definition) is 2. The largest absolute Gasteiger partial charge is 0.380 e. The number of H-pyrrole nitrogens is 1. The van der Waals surface area contributed by atoms with Gasteiger partial charge in [-0.05, 0) is 41.5 Å². The summed E-state index contributed by atoms with van der Waals surface area (Å²) in [6, 6.07) is 14.5. The van der Waals surface area contributed by atoms with Crippen LogP contribution in [0, 0.1) is 0 Å². The minimum absolute atomic E-state index is 0.837. The lowest BCUT2D eigenvalue weighted by Gasteiger charge is -2.17. The molecular weight excluding hydrogens is 234 g/mol. The zero-order chi connectivity index (χ0) is 12.7. The fourth-order valence-electron chi connectivity index (χ4n) is 2.52. The summed E-state index contributed by atoms with van der Waals surface area (Å²) in [4.78, 5) is 7.79. The number of aromatic amines is 1. The minimum atomic E-state index is 0.837. The number of rotatable bonds is 1. The quantitative estimate of drug-likeness (QED) is 0.690. The molecule has 1 aliphatic heterocycles. The van der Waals surface area contributed by atoms with Crippen molar-refractivity contribution in [2.45, 2.75) is 0 Å². The number of aromatic nitrogens is 2. The third-order valence-electron chi connectivity index (χ3n) is 3.49. The molecule has 3 heteroatoms. The molecule has 2 N–H and O–H groups in total. The van der Waals surface area contributed by atoms with E-state index in [4.69, 9.17) is 0 Å². The van der Waals surface area contributed by atoms with Crippen molar-refractivity contribution in [1.29, 1.82) is 0 Å². The Morgan fingerprint density at radius 2 is 2.00 bits per heavy atom. The second kappa shape index (κ2) is 3.99. The number of pyridine rings is 1. The molecule has 0 radical (unpaired) electrons. The van der Waals surface area contributed by atoms with Crippen LogP contribution in [-0.2, 0) is 0 Å². The highest BCUT2D eigenvalue weighted by Gasteiger charge is 2.12. The number of anilines is 1. The van der Waals surface area contributed by atoms with Crippen molar-refractivity contribution in [1.82, 2.24) is 9.97 Å². The Kier molecular flexibility index (Phi) is 2.18. The van der Waals surface area contributed by atoms with E-state index >= 15 is 0 Å². The predicted molar refractivity (Wildman–Crippen MR) is 78.9 cm³/mol. The maximum Gasteiger partial charge on any atom is 0.0885 e. The van der Waals surface area contributed by atoms with Gasteiger partial charge in [0, 0.05) is 24.1 Å². The van der Waals surface area contributed by atoms with E-state index < -0.39 is 0 Å². The first kappa shape index (κ1) is 10.4. The zero-order valence-corrected chi connectivity index (χ0v) is 10.4. The summed E-state index contributed by atoms with van der Waals surface area (Å²) in [7, 11) is 0. The van der Waals surface area contributed by atoms with Crippen LogP contribution in [0.2, 0.25) is 0 Å². The summed E-state index contributed by atoms with van der Waals surface area (Å²) in [5, 5.41) is 3.45. The highest BCUT2D eigenvalue weighted by molar-refractivity contribution is 5.92. The van der Waals surface area contributed by atoms with Crippen LogP contribution in [0.3, 0.4) is 0 Å². The van der Waals surface area contributed by atoms with Gasteiger partial charge in [0.25, 0.3) is 0 Å². The predicted octanol–water partition coefficient (Wildman–Crippen LogP) is 3.53. The van der Waals surface area contributed by atoms with E-state index in [9.17, 15) is 0 Å². The van der Waals surface area contributed by atoms with Crippen molar-refractivity contribution < 1.29 is 0 Å². The summed E-state index contributed by atoms with van der Waals surface area (Å²) in [5.74, 6) is 0. The lowest BCUT2D eigenvalue weighted by atomic mass is 10.0. The van der Waals surface area contributed by atoms with Crippen LogP contribution < -0.4 is 5.32 Å². The number of nitrogens with one attached hydrogen (secondary N) is 2. The maximum absolute atomic E-state index is 4.36. The van der Waals surface area contributed by atoms with E-state index in [1.54, 1.807) is 0 Å². The second-order valence-electron chi connectivity index (χ2n) is 4.73. The number of hydrogen-bond acceptors (Lipinski definition) is 2. The van der Waals surface area contributed by atoms with Gasteiger partial charge in [0.15, 0.2) is 0 Å².